The van der Waals surface area contributed by atoms with E-state index in [9.17, 15) is 0 Å². The molecule has 7 heteroatoms. The molecule has 2 heterocycles. The van der Waals surface area contributed by atoms with Crippen molar-refractivity contribution in [1.82, 2.24) is 15.2 Å². The molecule has 0 radical (unpaired) electrons. The molecule has 0 saturated heterocycles. The van der Waals surface area contributed by atoms with Gasteiger partial charge < -0.3 is 0 Å². The van der Waals surface area contributed by atoms with Crippen molar-refractivity contribution in [2.45, 2.75) is 6.92 Å². The summed E-state index contributed by atoms with van der Waals surface area (Å²) < 4.78 is 0. The highest BCUT2D eigenvalue weighted by Crippen LogP contribution is 2.17. The van der Waals surface area contributed by atoms with Gasteiger partial charge in [0.1, 0.15) is 0 Å². The number of benzene rings is 1. The third kappa shape index (κ3) is 3.66. The molecule has 3 aromatic rings. The van der Waals surface area contributed by atoms with Crippen molar-refractivity contribution >= 4 is 34.3 Å². The topological polar surface area (TPSA) is 63.1 Å². The molecule has 0 amide bonds. The molecule has 0 aliphatic carbocycles. The van der Waals surface area contributed by atoms with Gasteiger partial charge in [-0.1, -0.05) is 35.9 Å². The van der Waals surface area contributed by atoms with Crippen LogP contribution in [0.2, 0.25) is 5.15 Å². The van der Waals surface area contributed by atoms with E-state index in [1.165, 1.54) is 11.3 Å². The minimum atomic E-state index is 0.385. The van der Waals surface area contributed by atoms with Gasteiger partial charge in [-0.2, -0.15) is 5.10 Å². The average molecular weight is 330 g/mol. The van der Waals surface area contributed by atoms with E-state index in [4.69, 9.17) is 11.6 Å². The lowest BCUT2D eigenvalue weighted by molar-refractivity contribution is 1.04. The standard InChI is InChI=1S/C15H12ClN5S/c1-10-9-22-15(18-10)21-17-8-11-2-4-12(5-3-11)13-6-7-14(16)20-19-13/h2-9H,1H3,(H,18,21). The van der Waals surface area contributed by atoms with Gasteiger partial charge in [0.05, 0.1) is 17.6 Å². The Labute approximate surface area is 136 Å². The van der Waals surface area contributed by atoms with Crippen LogP contribution in [0.15, 0.2) is 46.9 Å². The summed E-state index contributed by atoms with van der Waals surface area (Å²) in [4.78, 5) is 4.27. The smallest absolute Gasteiger partial charge is 0.203 e. The number of aromatic nitrogens is 3. The maximum absolute atomic E-state index is 5.73. The Balaban J connectivity index is 1.67. The summed E-state index contributed by atoms with van der Waals surface area (Å²) in [6.45, 7) is 1.95. The molecule has 1 aromatic carbocycles. The molecule has 0 fully saturated rings. The van der Waals surface area contributed by atoms with Gasteiger partial charge in [-0.3, -0.25) is 5.43 Å². The Morgan fingerprint density at radius 3 is 2.59 bits per heavy atom. The van der Waals surface area contributed by atoms with Gasteiger partial charge in [-0.05, 0) is 24.6 Å². The Morgan fingerprint density at radius 2 is 1.95 bits per heavy atom. The number of rotatable bonds is 4. The Morgan fingerprint density at radius 1 is 1.14 bits per heavy atom. The van der Waals surface area contributed by atoms with E-state index in [2.05, 4.69) is 25.7 Å². The second-order valence-electron chi connectivity index (χ2n) is 4.53. The molecule has 3 rings (SSSR count). The lowest BCUT2D eigenvalue weighted by atomic mass is 10.1. The van der Waals surface area contributed by atoms with Crippen molar-refractivity contribution in [3.05, 3.63) is 58.2 Å². The van der Waals surface area contributed by atoms with Gasteiger partial charge in [-0.15, -0.1) is 21.5 Å². The van der Waals surface area contributed by atoms with E-state index >= 15 is 0 Å². The van der Waals surface area contributed by atoms with Crippen LogP contribution in [0, 0.1) is 6.92 Å². The molecule has 5 nitrogen and oxygen atoms in total. The van der Waals surface area contributed by atoms with Gasteiger partial charge >= 0.3 is 0 Å². The van der Waals surface area contributed by atoms with Crippen LogP contribution in [0.25, 0.3) is 11.3 Å². The predicted molar refractivity (Wildman–Crippen MR) is 90.5 cm³/mol. The van der Waals surface area contributed by atoms with Crippen LogP contribution >= 0.6 is 22.9 Å². The SMILES string of the molecule is Cc1csc(NN=Cc2ccc(-c3ccc(Cl)nn3)cc2)n1. The summed E-state index contributed by atoms with van der Waals surface area (Å²) in [6, 6.07) is 11.4. The summed E-state index contributed by atoms with van der Waals surface area (Å²) in [5.74, 6) is 0. The van der Waals surface area contributed by atoms with Crippen molar-refractivity contribution < 1.29 is 0 Å². The number of nitrogens with zero attached hydrogens (tertiary/aromatic N) is 4. The highest BCUT2D eigenvalue weighted by molar-refractivity contribution is 7.13. The number of hydrogen-bond acceptors (Lipinski definition) is 6. The number of aryl methyl sites for hydroxylation is 1. The van der Waals surface area contributed by atoms with Crippen LogP contribution in [-0.4, -0.2) is 21.4 Å². The summed E-state index contributed by atoms with van der Waals surface area (Å²) >= 11 is 7.25. The van der Waals surface area contributed by atoms with E-state index in [1.807, 2.05) is 42.6 Å². The molecule has 22 heavy (non-hydrogen) atoms. The van der Waals surface area contributed by atoms with E-state index in [-0.39, 0.29) is 0 Å². The molecule has 1 N–H and O–H groups in total. The fourth-order valence-electron chi connectivity index (χ4n) is 1.78. The molecule has 2 aromatic heterocycles. The normalized spacial score (nSPS) is 11.0. The fraction of sp³-hybridized carbons (Fsp3) is 0.0667. The zero-order valence-electron chi connectivity index (χ0n) is 11.7. The third-order valence-corrected chi connectivity index (χ3v) is 3.90. The van der Waals surface area contributed by atoms with Gasteiger partial charge in [0.2, 0.25) is 5.13 Å². The first-order chi connectivity index (χ1) is 10.7. The number of nitrogens with one attached hydrogen (secondary N) is 1. The Hall–Kier alpha value is -2.31. The van der Waals surface area contributed by atoms with Gasteiger partial charge in [-0.25, -0.2) is 4.98 Å². The molecule has 0 aliphatic heterocycles. The van der Waals surface area contributed by atoms with E-state index in [0.29, 0.717) is 5.15 Å². The Kier molecular flexibility index (Phi) is 4.41. The maximum Gasteiger partial charge on any atom is 0.203 e. The van der Waals surface area contributed by atoms with Gasteiger partial charge in [0.25, 0.3) is 0 Å². The summed E-state index contributed by atoms with van der Waals surface area (Å²) in [5, 5.41) is 15.2. The number of thiazole rings is 1. The lowest BCUT2D eigenvalue weighted by Crippen LogP contribution is -1.91. The highest BCUT2D eigenvalue weighted by Gasteiger charge is 2.00. The van der Waals surface area contributed by atoms with Crippen LogP contribution in [0.5, 0.6) is 0 Å². The first-order valence-electron chi connectivity index (χ1n) is 6.51. The molecular weight excluding hydrogens is 318 g/mol. The summed E-state index contributed by atoms with van der Waals surface area (Å²) in [6.07, 6.45) is 1.74. The van der Waals surface area contributed by atoms with Crippen molar-refractivity contribution in [3.63, 3.8) is 0 Å². The van der Waals surface area contributed by atoms with Crippen molar-refractivity contribution in [3.8, 4) is 11.3 Å². The summed E-state index contributed by atoms with van der Waals surface area (Å²) in [7, 11) is 0. The van der Waals surface area contributed by atoms with Crippen LogP contribution in [0.4, 0.5) is 5.13 Å². The monoisotopic (exact) mass is 329 g/mol. The molecular formula is C15H12ClN5S. The molecule has 0 aliphatic rings. The number of anilines is 1. The third-order valence-electron chi connectivity index (χ3n) is 2.83. The molecule has 0 atom stereocenters. The quantitative estimate of drug-likeness (QED) is 0.580. The maximum atomic E-state index is 5.73. The van der Waals surface area contributed by atoms with Crippen molar-refractivity contribution in [2.75, 3.05) is 5.43 Å². The van der Waals surface area contributed by atoms with Crippen molar-refractivity contribution in [2.24, 2.45) is 5.10 Å². The predicted octanol–water partition coefficient (Wildman–Crippen LogP) is 4.01. The Bertz CT molecular complexity index is 780. The minimum Gasteiger partial charge on any atom is -0.253 e. The molecule has 0 saturated carbocycles. The van der Waals surface area contributed by atoms with Crippen LogP contribution in [0.1, 0.15) is 11.3 Å². The van der Waals surface area contributed by atoms with E-state index < -0.39 is 0 Å². The minimum absolute atomic E-state index is 0.385. The number of hydrogen-bond donors (Lipinski definition) is 1. The molecule has 0 spiro atoms. The molecule has 0 bridgehead atoms. The first-order valence-corrected chi connectivity index (χ1v) is 7.77. The van der Waals surface area contributed by atoms with E-state index in [1.54, 1.807) is 12.3 Å². The zero-order valence-corrected chi connectivity index (χ0v) is 13.3. The average Bonchev–Trinajstić information content (AvgIpc) is 2.94. The molecule has 0 unspecified atom stereocenters. The highest BCUT2D eigenvalue weighted by atomic mass is 35.5. The number of hydrazone groups is 1. The van der Waals surface area contributed by atoms with Crippen molar-refractivity contribution in [1.29, 1.82) is 0 Å². The largest absolute Gasteiger partial charge is 0.253 e. The van der Waals surface area contributed by atoms with Crippen LogP contribution in [-0.2, 0) is 0 Å². The number of halogens is 1. The second kappa shape index (κ2) is 6.64. The zero-order chi connectivity index (χ0) is 15.4. The summed E-state index contributed by atoms with van der Waals surface area (Å²) in [5.41, 5.74) is 6.63. The van der Waals surface area contributed by atoms with Crippen LogP contribution < -0.4 is 5.43 Å². The lowest BCUT2D eigenvalue weighted by Gasteiger charge is -2.00. The van der Waals surface area contributed by atoms with Gasteiger partial charge in [0.15, 0.2) is 5.15 Å². The fourth-order valence-corrected chi connectivity index (χ4v) is 2.52. The second-order valence-corrected chi connectivity index (χ2v) is 5.77. The molecule has 110 valence electrons. The van der Waals surface area contributed by atoms with Gasteiger partial charge in [0, 0.05) is 10.9 Å². The van der Waals surface area contributed by atoms with Crippen LogP contribution in [0.3, 0.4) is 0 Å². The van der Waals surface area contributed by atoms with E-state index in [0.717, 1.165) is 27.6 Å². The first kappa shape index (κ1) is 14.6.